The molecule has 2 rings (SSSR count). The standard InChI is InChI=1S/C15H14N2O4/c1-8-6-10(13(16)18)7-9(2)12(8)21-14-11(15(19)20)4-3-5-17-14/h3-7H,1-2H3,(H2,16,18)(H,19,20). The Labute approximate surface area is 121 Å². The molecule has 6 nitrogen and oxygen atoms in total. The first-order chi connectivity index (χ1) is 9.90. The molecule has 0 fully saturated rings. The lowest BCUT2D eigenvalue weighted by atomic mass is 10.1. The molecule has 1 heterocycles. The summed E-state index contributed by atoms with van der Waals surface area (Å²) in [6, 6.07) is 6.11. The zero-order chi connectivity index (χ0) is 15.6. The van der Waals surface area contributed by atoms with Crippen molar-refractivity contribution in [2.75, 3.05) is 0 Å². The number of aryl methyl sites for hydroxylation is 2. The van der Waals surface area contributed by atoms with Crippen LogP contribution < -0.4 is 10.5 Å². The predicted octanol–water partition coefficient (Wildman–Crippen LogP) is 2.29. The summed E-state index contributed by atoms with van der Waals surface area (Å²) in [7, 11) is 0. The Morgan fingerprint density at radius 1 is 1.24 bits per heavy atom. The van der Waals surface area contributed by atoms with Crippen molar-refractivity contribution in [3.05, 3.63) is 52.7 Å². The van der Waals surface area contributed by atoms with Crippen molar-refractivity contribution in [2.45, 2.75) is 13.8 Å². The summed E-state index contributed by atoms with van der Waals surface area (Å²) >= 11 is 0. The highest BCUT2D eigenvalue weighted by Gasteiger charge is 2.16. The fourth-order valence-electron chi connectivity index (χ4n) is 1.99. The van der Waals surface area contributed by atoms with E-state index in [4.69, 9.17) is 15.6 Å². The lowest BCUT2D eigenvalue weighted by Gasteiger charge is -2.13. The minimum Gasteiger partial charge on any atom is -0.477 e. The van der Waals surface area contributed by atoms with E-state index in [-0.39, 0.29) is 11.4 Å². The predicted molar refractivity (Wildman–Crippen MR) is 75.7 cm³/mol. The van der Waals surface area contributed by atoms with E-state index in [1.165, 1.54) is 18.3 Å². The number of hydrogen-bond acceptors (Lipinski definition) is 4. The molecule has 0 saturated carbocycles. The number of rotatable bonds is 4. The first-order valence-electron chi connectivity index (χ1n) is 6.17. The van der Waals surface area contributed by atoms with Gasteiger partial charge in [-0.1, -0.05) is 0 Å². The van der Waals surface area contributed by atoms with Gasteiger partial charge in [-0.25, -0.2) is 9.78 Å². The number of carbonyl (C=O) groups is 2. The normalized spacial score (nSPS) is 10.2. The highest BCUT2D eigenvalue weighted by Crippen LogP contribution is 2.30. The number of pyridine rings is 1. The van der Waals surface area contributed by atoms with Gasteiger partial charge in [-0.05, 0) is 49.2 Å². The number of nitrogens with two attached hydrogens (primary N) is 1. The zero-order valence-electron chi connectivity index (χ0n) is 11.6. The largest absolute Gasteiger partial charge is 0.477 e. The smallest absolute Gasteiger partial charge is 0.341 e. The van der Waals surface area contributed by atoms with Gasteiger partial charge in [0.15, 0.2) is 0 Å². The van der Waals surface area contributed by atoms with Crippen LogP contribution in [0.15, 0.2) is 30.5 Å². The molecule has 1 amide bonds. The molecular formula is C15H14N2O4. The maximum atomic E-state index is 11.2. The Bertz CT molecular complexity index is 702. The van der Waals surface area contributed by atoms with E-state index in [0.29, 0.717) is 22.4 Å². The third kappa shape index (κ3) is 3.00. The van der Waals surface area contributed by atoms with Crippen molar-refractivity contribution < 1.29 is 19.4 Å². The van der Waals surface area contributed by atoms with Crippen molar-refractivity contribution >= 4 is 11.9 Å². The molecule has 6 heteroatoms. The van der Waals surface area contributed by atoms with Crippen LogP contribution in [0.4, 0.5) is 0 Å². The summed E-state index contributed by atoms with van der Waals surface area (Å²) < 4.78 is 5.62. The van der Waals surface area contributed by atoms with E-state index in [0.717, 1.165) is 0 Å². The minimum absolute atomic E-state index is 0.00280. The van der Waals surface area contributed by atoms with Gasteiger partial charge >= 0.3 is 5.97 Å². The SMILES string of the molecule is Cc1cc(C(N)=O)cc(C)c1Oc1ncccc1C(=O)O. The second-order valence-electron chi connectivity index (χ2n) is 4.57. The number of carboxylic acids is 1. The number of hydrogen-bond donors (Lipinski definition) is 2. The number of amides is 1. The molecule has 0 bridgehead atoms. The summed E-state index contributed by atoms with van der Waals surface area (Å²) in [5, 5.41) is 9.12. The third-order valence-corrected chi connectivity index (χ3v) is 2.95. The van der Waals surface area contributed by atoms with Crippen LogP contribution in [0.5, 0.6) is 11.6 Å². The van der Waals surface area contributed by atoms with Gasteiger partial charge in [0.25, 0.3) is 0 Å². The van der Waals surface area contributed by atoms with Gasteiger partial charge in [-0.3, -0.25) is 4.79 Å². The highest BCUT2D eigenvalue weighted by atomic mass is 16.5. The van der Waals surface area contributed by atoms with Crippen LogP contribution in [-0.4, -0.2) is 22.0 Å². The fourth-order valence-corrected chi connectivity index (χ4v) is 1.99. The number of benzene rings is 1. The molecule has 1 aromatic heterocycles. The van der Waals surface area contributed by atoms with Gasteiger partial charge in [0.05, 0.1) is 0 Å². The summed E-state index contributed by atoms with van der Waals surface area (Å²) in [4.78, 5) is 26.3. The number of nitrogens with zero attached hydrogens (tertiary/aromatic N) is 1. The summed E-state index contributed by atoms with van der Waals surface area (Å²) in [6.07, 6.45) is 1.45. The topological polar surface area (TPSA) is 103 Å². The van der Waals surface area contributed by atoms with Gasteiger partial charge in [0, 0.05) is 11.8 Å². The van der Waals surface area contributed by atoms with Crippen LogP contribution in [0.3, 0.4) is 0 Å². The summed E-state index contributed by atoms with van der Waals surface area (Å²) in [5.41, 5.74) is 6.93. The first-order valence-corrected chi connectivity index (χ1v) is 6.17. The van der Waals surface area contributed by atoms with Crippen LogP contribution in [0.1, 0.15) is 31.8 Å². The molecule has 0 unspecified atom stereocenters. The Morgan fingerprint density at radius 2 is 1.86 bits per heavy atom. The van der Waals surface area contributed by atoms with Gasteiger partial charge in [-0.15, -0.1) is 0 Å². The molecule has 0 aliphatic heterocycles. The van der Waals surface area contributed by atoms with Crippen molar-refractivity contribution in [2.24, 2.45) is 5.73 Å². The molecule has 108 valence electrons. The number of ether oxygens (including phenoxy) is 1. The second kappa shape index (κ2) is 5.62. The lowest BCUT2D eigenvalue weighted by molar-refractivity contribution is 0.0693. The Balaban J connectivity index is 2.46. The van der Waals surface area contributed by atoms with Crippen LogP contribution in [0, 0.1) is 13.8 Å². The van der Waals surface area contributed by atoms with Gasteiger partial charge in [0.2, 0.25) is 11.8 Å². The summed E-state index contributed by atoms with van der Waals surface area (Å²) in [6.45, 7) is 3.50. The van der Waals surface area contributed by atoms with Gasteiger partial charge in [0.1, 0.15) is 11.3 Å². The maximum Gasteiger partial charge on any atom is 0.341 e. The quantitative estimate of drug-likeness (QED) is 0.897. The van der Waals surface area contributed by atoms with E-state index >= 15 is 0 Å². The Morgan fingerprint density at radius 3 is 2.38 bits per heavy atom. The maximum absolute atomic E-state index is 11.2. The van der Waals surface area contributed by atoms with E-state index in [1.807, 2.05) is 0 Å². The molecule has 0 atom stereocenters. The van der Waals surface area contributed by atoms with Crippen molar-refractivity contribution in [1.82, 2.24) is 4.98 Å². The van der Waals surface area contributed by atoms with Crippen molar-refractivity contribution in [1.29, 1.82) is 0 Å². The number of carbonyl (C=O) groups excluding carboxylic acids is 1. The number of aromatic nitrogens is 1. The zero-order valence-corrected chi connectivity index (χ0v) is 11.6. The molecule has 0 spiro atoms. The Hall–Kier alpha value is -2.89. The number of primary amides is 1. The number of aromatic carboxylic acids is 1. The summed E-state index contributed by atoms with van der Waals surface area (Å²) in [5.74, 6) is -1.19. The number of carboxylic acid groups (broad SMARTS) is 1. The molecule has 2 aromatic rings. The third-order valence-electron chi connectivity index (χ3n) is 2.95. The van der Waals surface area contributed by atoms with E-state index < -0.39 is 11.9 Å². The fraction of sp³-hybridized carbons (Fsp3) is 0.133. The van der Waals surface area contributed by atoms with Crippen LogP contribution >= 0.6 is 0 Å². The van der Waals surface area contributed by atoms with E-state index in [1.54, 1.807) is 26.0 Å². The highest BCUT2D eigenvalue weighted by molar-refractivity contribution is 5.93. The molecule has 3 N–H and O–H groups in total. The average molecular weight is 286 g/mol. The van der Waals surface area contributed by atoms with E-state index in [9.17, 15) is 9.59 Å². The van der Waals surface area contributed by atoms with E-state index in [2.05, 4.69) is 4.98 Å². The first kappa shape index (κ1) is 14.5. The molecule has 21 heavy (non-hydrogen) atoms. The van der Waals surface area contributed by atoms with Crippen LogP contribution in [0.2, 0.25) is 0 Å². The molecule has 0 radical (unpaired) electrons. The monoisotopic (exact) mass is 286 g/mol. The molecular weight excluding hydrogens is 272 g/mol. The Kier molecular flexibility index (Phi) is 3.89. The van der Waals surface area contributed by atoms with Crippen molar-refractivity contribution in [3.8, 4) is 11.6 Å². The van der Waals surface area contributed by atoms with Gasteiger partial charge in [-0.2, -0.15) is 0 Å². The van der Waals surface area contributed by atoms with Gasteiger partial charge < -0.3 is 15.6 Å². The minimum atomic E-state index is -1.12. The van der Waals surface area contributed by atoms with Crippen molar-refractivity contribution in [3.63, 3.8) is 0 Å². The lowest BCUT2D eigenvalue weighted by Crippen LogP contribution is -2.12. The second-order valence-corrected chi connectivity index (χ2v) is 4.57. The molecule has 0 aliphatic rings. The molecule has 0 saturated heterocycles. The molecule has 1 aromatic carbocycles. The average Bonchev–Trinajstić information content (AvgIpc) is 2.42. The molecule has 0 aliphatic carbocycles. The van der Waals surface area contributed by atoms with Crippen LogP contribution in [0.25, 0.3) is 0 Å². The van der Waals surface area contributed by atoms with Crippen LogP contribution in [-0.2, 0) is 0 Å².